The van der Waals surface area contributed by atoms with E-state index in [9.17, 15) is 18.0 Å². The first-order valence-corrected chi connectivity index (χ1v) is 7.57. The molecule has 0 fully saturated rings. The Bertz CT molecular complexity index is 946. The first-order chi connectivity index (χ1) is 10.8. The van der Waals surface area contributed by atoms with Crippen LogP contribution < -0.4 is 9.61 Å². The fourth-order valence-corrected chi connectivity index (χ4v) is 3.35. The number of ether oxygens (including phenoxy) is 1. The second-order valence-corrected chi connectivity index (χ2v) is 6.10. The molecule has 0 aliphatic rings. The lowest BCUT2D eigenvalue weighted by Gasteiger charge is -2.11. The van der Waals surface area contributed by atoms with Crippen LogP contribution in [0.1, 0.15) is 5.56 Å². The number of hydrogen-bond donors (Lipinski definition) is 0. The van der Waals surface area contributed by atoms with E-state index in [1.54, 1.807) is 18.2 Å². The molecule has 0 spiro atoms. The topological polar surface area (TPSA) is 31.2 Å². The molecular formula is C15H9ClF3NO2S. The Morgan fingerprint density at radius 1 is 1.17 bits per heavy atom. The maximum Gasteiger partial charge on any atom is 0.416 e. The van der Waals surface area contributed by atoms with Crippen LogP contribution >= 0.6 is 22.9 Å². The van der Waals surface area contributed by atoms with Crippen LogP contribution in [0, 0.1) is 0 Å². The smallest absolute Gasteiger partial charge is 0.416 e. The molecule has 0 saturated carbocycles. The van der Waals surface area contributed by atoms with Crippen molar-refractivity contribution >= 4 is 33.2 Å². The van der Waals surface area contributed by atoms with Crippen LogP contribution in [0.15, 0.2) is 41.2 Å². The molecule has 3 aromatic rings. The van der Waals surface area contributed by atoms with E-state index >= 15 is 0 Å². The van der Waals surface area contributed by atoms with Gasteiger partial charge in [-0.3, -0.25) is 9.36 Å². The summed E-state index contributed by atoms with van der Waals surface area (Å²) in [6.45, 7) is 0. The van der Waals surface area contributed by atoms with Gasteiger partial charge in [0.15, 0.2) is 0 Å². The van der Waals surface area contributed by atoms with Gasteiger partial charge < -0.3 is 4.74 Å². The molecule has 23 heavy (non-hydrogen) atoms. The van der Waals surface area contributed by atoms with Crippen LogP contribution in [-0.4, -0.2) is 11.7 Å². The molecule has 2 aromatic carbocycles. The number of halogens is 4. The summed E-state index contributed by atoms with van der Waals surface area (Å²) < 4.78 is 45.3. The Hall–Kier alpha value is -1.99. The summed E-state index contributed by atoms with van der Waals surface area (Å²) in [7, 11) is 1.49. The van der Waals surface area contributed by atoms with Crippen LogP contribution in [-0.2, 0) is 6.18 Å². The molecule has 1 heterocycles. The third-order valence-electron chi connectivity index (χ3n) is 3.30. The minimum Gasteiger partial charge on any atom is -0.497 e. The van der Waals surface area contributed by atoms with Gasteiger partial charge in [0, 0.05) is 6.07 Å². The molecule has 1 aromatic heterocycles. The zero-order valence-corrected chi connectivity index (χ0v) is 13.2. The second-order valence-electron chi connectivity index (χ2n) is 4.70. The van der Waals surface area contributed by atoms with Crippen LogP contribution in [0.25, 0.3) is 15.9 Å². The number of aromatic nitrogens is 1. The average molecular weight is 360 g/mol. The third-order valence-corrected chi connectivity index (χ3v) is 4.53. The molecule has 0 atom stereocenters. The maximum atomic E-state index is 12.7. The van der Waals surface area contributed by atoms with Crippen LogP contribution in [0.4, 0.5) is 13.2 Å². The van der Waals surface area contributed by atoms with E-state index in [2.05, 4.69) is 0 Å². The lowest BCUT2D eigenvalue weighted by Crippen LogP contribution is -2.12. The van der Waals surface area contributed by atoms with Gasteiger partial charge in [0.1, 0.15) is 5.75 Å². The van der Waals surface area contributed by atoms with E-state index in [1.165, 1.54) is 17.7 Å². The Morgan fingerprint density at radius 3 is 2.52 bits per heavy atom. The Balaban J connectivity index is 2.24. The highest BCUT2D eigenvalue weighted by molar-refractivity contribution is 7.16. The zero-order valence-electron chi connectivity index (χ0n) is 11.6. The van der Waals surface area contributed by atoms with Gasteiger partial charge in [-0.25, -0.2) is 0 Å². The van der Waals surface area contributed by atoms with E-state index < -0.39 is 11.7 Å². The zero-order chi connectivity index (χ0) is 16.8. The molecule has 0 aliphatic carbocycles. The molecule has 3 rings (SSSR count). The molecule has 0 N–H and O–H groups in total. The van der Waals surface area contributed by atoms with Crippen LogP contribution in [0.2, 0.25) is 5.02 Å². The number of benzene rings is 2. The van der Waals surface area contributed by atoms with Gasteiger partial charge in [-0.1, -0.05) is 22.9 Å². The highest BCUT2D eigenvalue weighted by Gasteiger charge is 2.31. The third kappa shape index (κ3) is 2.82. The predicted octanol–water partition coefficient (Wildman–Crippen LogP) is 4.73. The highest BCUT2D eigenvalue weighted by atomic mass is 35.5. The maximum absolute atomic E-state index is 12.7. The van der Waals surface area contributed by atoms with E-state index in [4.69, 9.17) is 16.3 Å². The number of nitrogens with zero attached hydrogens (tertiary/aromatic N) is 1. The second kappa shape index (κ2) is 5.58. The summed E-state index contributed by atoms with van der Waals surface area (Å²) in [6, 6.07) is 7.97. The van der Waals surface area contributed by atoms with Crippen molar-refractivity contribution in [3.63, 3.8) is 0 Å². The number of rotatable bonds is 2. The van der Waals surface area contributed by atoms with Crippen molar-refractivity contribution in [2.24, 2.45) is 0 Å². The van der Waals surface area contributed by atoms with Gasteiger partial charge in [0.05, 0.1) is 33.6 Å². The fraction of sp³-hybridized carbons (Fsp3) is 0.133. The molecule has 3 nitrogen and oxygen atoms in total. The summed E-state index contributed by atoms with van der Waals surface area (Å²) in [6.07, 6.45) is -4.49. The van der Waals surface area contributed by atoms with Crippen molar-refractivity contribution in [3.05, 3.63) is 56.7 Å². The summed E-state index contributed by atoms with van der Waals surface area (Å²) >= 11 is 6.97. The highest BCUT2D eigenvalue weighted by Crippen LogP contribution is 2.34. The molecule has 120 valence electrons. The van der Waals surface area contributed by atoms with E-state index in [0.717, 1.165) is 23.5 Å². The molecular weight excluding hydrogens is 351 g/mol. The van der Waals surface area contributed by atoms with Gasteiger partial charge >= 0.3 is 11.0 Å². The number of alkyl halides is 3. The van der Waals surface area contributed by atoms with Crippen molar-refractivity contribution in [2.75, 3.05) is 7.11 Å². The van der Waals surface area contributed by atoms with Crippen molar-refractivity contribution < 1.29 is 17.9 Å². The molecule has 0 unspecified atom stereocenters. The van der Waals surface area contributed by atoms with Crippen molar-refractivity contribution in [3.8, 4) is 11.4 Å². The summed E-state index contributed by atoms with van der Waals surface area (Å²) in [5.41, 5.74) is -0.137. The van der Waals surface area contributed by atoms with Gasteiger partial charge in [0.2, 0.25) is 0 Å². The van der Waals surface area contributed by atoms with E-state index in [1.807, 2.05) is 0 Å². The van der Waals surface area contributed by atoms with Gasteiger partial charge in [-0.05, 0) is 30.3 Å². The van der Waals surface area contributed by atoms with Gasteiger partial charge in [-0.2, -0.15) is 13.2 Å². The number of hydrogen-bond acceptors (Lipinski definition) is 3. The summed E-state index contributed by atoms with van der Waals surface area (Å²) in [5.74, 6) is 0.534. The van der Waals surface area contributed by atoms with Crippen molar-refractivity contribution in [2.45, 2.75) is 6.18 Å². The fourth-order valence-electron chi connectivity index (χ4n) is 2.22. The van der Waals surface area contributed by atoms with Crippen molar-refractivity contribution in [1.82, 2.24) is 4.57 Å². The Morgan fingerprint density at radius 2 is 1.91 bits per heavy atom. The quantitative estimate of drug-likeness (QED) is 0.662. The minimum atomic E-state index is -4.49. The monoisotopic (exact) mass is 359 g/mol. The number of thiazole rings is 1. The SMILES string of the molecule is COc1ccc2sc(=O)n(-c3ccc(C(F)(F)F)cc3Cl)c2c1. The normalized spacial score (nSPS) is 11.9. The Labute approximate surface area is 137 Å². The first kappa shape index (κ1) is 15.9. The molecule has 0 saturated heterocycles. The van der Waals surface area contributed by atoms with Gasteiger partial charge in [-0.15, -0.1) is 0 Å². The largest absolute Gasteiger partial charge is 0.497 e. The van der Waals surface area contributed by atoms with E-state index in [0.29, 0.717) is 16.0 Å². The summed E-state index contributed by atoms with van der Waals surface area (Å²) in [4.78, 5) is 11.9. The van der Waals surface area contributed by atoms with Crippen LogP contribution in [0.3, 0.4) is 0 Å². The molecule has 8 heteroatoms. The Kier molecular flexibility index (Phi) is 3.85. The summed E-state index contributed by atoms with van der Waals surface area (Å²) in [5, 5.41) is -0.149. The lowest BCUT2D eigenvalue weighted by atomic mass is 10.2. The lowest BCUT2D eigenvalue weighted by molar-refractivity contribution is -0.137. The van der Waals surface area contributed by atoms with E-state index in [-0.39, 0.29) is 15.6 Å². The minimum absolute atomic E-state index is 0.149. The molecule has 0 radical (unpaired) electrons. The van der Waals surface area contributed by atoms with Gasteiger partial charge in [0.25, 0.3) is 0 Å². The predicted molar refractivity (Wildman–Crippen MR) is 84.0 cm³/mol. The standard InChI is InChI=1S/C15H9ClF3NO2S/c1-22-9-3-5-13-12(7-9)20(14(21)23-13)11-4-2-8(6-10(11)16)15(17,18)19/h2-7H,1H3. The van der Waals surface area contributed by atoms with Crippen LogP contribution in [0.5, 0.6) is 5.75 Å². The molecule has 0 aliphatic heterocycles. The van der Waals surface area contributed by atoms with Crippen molar-refractivity contribution in [1.29, 1.82) is 0 Å². The molecule has 0 bridgehead atoms. The first-order valence-electron chi connectivity index (χ1n) is 6.38. The number of methoxy groups -OCH3 is 1. The molecule has 0 amide bonds. The average Bonchev–Trinajstić information content (AvgIpc) is 2.81. The number of fused-ring (bicyclic) bond motifs is 1.